The number of fused-ring (bicyclic) bond motifs is 1. The first kappa shape index (κ1) is 34.8. The van der Waals surface area contributed by atoms with Gasteiger partial charge in [-0.2, -0.15) is 0 Å². The number of carbonyl (C=O) groups is 5. The molecule has 3 aromatic rings. The summed E-state index contributed by atoms with van der Waals surface area (Å²) in [5, 5.41) is 13.1. The van der Waals surface area contributed by atoms with E-state index in [9.17, 15) is 28.4 Å². The van der Waals surface area contributed by atoms with Gasteiger partial charge in [0.15, 0.2) is 0 Å². The number of nitrogens with one attached hydrogen (secondary N) is 3. The number of alkyl halides is 2. The zero-order valence-corrected chi connectivity index (χ0v) is 24.9. The molecule has 0 aliphatic carbocycles. The number of halogens is 3. The number of nitrogens with zero attached hydrogens (tertiary/aromatic N) is 1. The summed E-state index contributed by atoms with van der Waals surface area (Å²) in [4.78, 5) is 61.1. The standard InChI is InChI=1S/C20H26ClFN4O4.C9H6ClNO2/c1-13(2)12-15(24-17(28)9-8-14-6-4-3-5-7-14)19(29)25-26(11-10-16(23)27)20(30)18(21)22;10-6-2-1-3-7-5(6)4-8(11-7)9(12)13/h3-9,13,15,18H,10-12H2,1-2H3,(H2,23,27)(H,24,28)(H,25,29);1-4,11H,(H,12,13)/b9-8+;/t15-,18?;/m0./s1. The number of nitrogens with two attached hydrogens (primary N) is 1. The lowest BCUT2D eigenvalue weighted by Gasteiger charge is -2.26. The number of primary amides is 1. The van der Waals surface area contributed by atoms with E-state index in [0.29, 0.717) is 10.0 Å². The molecule has 1 aromatic heterocycles. The molecule has 2 aromatic carbocycles. The monoisotopic (exact) mass is 635 g/mol. The fourth-order valence-electron chi connectivity index (χ4n) is 3.66. The van der Waals surface area contributed by atoms with Crippen molar-refractivity contribution in [2.24, 2.45) is 11.7 Å². The number of aromatic amines is 1. The molecule has 1 heterocycles. The maximum absolute atomic E-state index is 13.2. The lowest BCUT2D eigenvalue weighted by atomic mass is 10.0. The SMILES string of the molecule is CC(C)C[C@H](NC(=O)/C=C/c1ccccc1)C(=O)NN(CCC(N)=O)C(=O)C(F)Cl.O=C(O)c1cc2c(Cl)cccc2[nH]1. The Morgan fingerprint density at radius 3 is 2.33 bits per heavy atom. The Labute approximate surface area is 257 Å². The van der Waals surface area contributed by atoms with Crippen molar-refractivity contribution in [1.82, 2.24) is 20.7 Å². The van der Waals surface area contributed by atoms with Gasteiger partial charge in [-0.25, -0.2) is 14.2 Å². The number of hydrogen-bond acceptors (Lipinski definition) is 5. The second-order valence-corrected chi connectivity index (χ2v) is 10.4. The van der Waals surface area contributed by atoms with Crippen molar-refractivity contribution in [1.29, 1.82) is 0 Å². The average molecular weight is 637 g/mol. The second-order valence-electron chi connectivity index (χ2n) is 9.61. The summed E-state index contributed by atoms with van der Waals surface area (Å²) in [7, 11) is 0. The van der Waals surface area contributed by atoms with Crippen LogP contribution in [0, 0.1) is 5.92 Å². The maximum Gasteiger partial charge on any atom is 0.352 e. The Hall–Kier alpha value is -4.42. The smallest absolute Gasteiger partial charge is 0.352 e. The first-order valence-corrected chi connectivity index (χ1v) is 13.8. The minimum atomic E-state index is -2.41. The Bertz CT molecular complexity index is 1460. The van der Waals surface area contributed by atoms with Gasteiger partial charge in [-0.3, -0.25) is 24.6 Å². The molecule has 0 saturated carbocycles. The van der Waals surface area contributed by atoms with Crippen LogP contribution in [0.5, 0.6) is 0 Å². The van der Waals surface area contributed by atoms with Gasteiger partial charge in [0.25, 0.3) is 17.4 Å². The van der Waals surface area contributed by atoms with Gasteiger partial charge in [-0.15, -0.1) is 0 Å². The van der Waals surface area contributed by atoms with Crippen LogP contribution in [0.4, 0.5) is 4.39 Å². The molecule has 0 aliphatic rings. The molecule has 3 rings (SSSR count). The summed E-state index contributed by atoms with van der Waals surface area (Å²) >= 11 is 11.0. The number of carboxylic acid groups (broad SMARTS) is 1. The van der Waals surface area contributed by atoms with Crippen molar-refractivity contribution in [2.75, 3.05) is 6.54 Å². The lowest BCUT2D eigenvalue weighted by molar-refractivity contribution is -0.145. The van der Waals surface area contributed by atoms with Gasteiger partial charge < -0.3 is 21.1 Å². The number of aromatic nitrogens is 1. The summed E-state index contributed by atoms with van der Waals surface area (Å²) in [6, 6.07) is 14.9. The van der Waals surface area contributed by atoms with Gasteiger partial charge in [-0.1, -0.05) is 73.4 Å². The van der Waals surface area contributed by atoms with Gasteiger partial charge in [-0.05, 0) is 42.2 Å². The summed E-state index contributed by atoms with van der Waals surface area (Å²) in [5.41, 5.74) is 6.54. The number of carbonyl (C=O) groups excluding carboxylic acids is 4. The molecular formula is C29H32Cl2FN5O6. The fraction of sp³-hybridized carbons (Fsp3) is 0.276. The Kier molecular flexibility index (Phi) is 13.7. The molecule has 4 amide bonds. The average Bonchev–Trinajstić information content (AvgIpc) is 3.40. The largest absolute Gasteiger partial charge is 0.477 e. The Balaban J connectivity index is 0.000000407. The van der Waals surface area contributed by atoms with Crippen LogP contribution in [0.2, 0.25) is 5.02 Å². The van der Waals surface area contributed by atoms with E-state index in [1.165, 1.54) is 12.1 Å². The molecule has 0 aliphatic heterocycles. The molecular weight excluding hydrogens is 604 g/mol. The van der Waals surface area contributed by atoms with E-state index in [0.717, 1.165) is 16.5 Å². The number of carboxylic acids is 1. The van der Waals surface area contributed by atoms with E-state index in [1.54, 1.807) is 24.3 Å². The van der Waals surface area contributed by atoms with E-state index in [-0.39, 0.29) is 31.0 Å². The van der Waals surface area contributed by atoms with E-state index in [1.807, 2.05) is 44.2 Å². The van der Waals surface area contributed by atoms with Crippen LogP contribution in [-0.2, 0) is 19.2 Å². The van der Waals surface area contributed by atoms with Crippen LogP contribution in [0.3, 0.4) is 0 Å². The minimum Gasteiger partial charge on any atom is -0.477 e. The Morgan fingerprint density at radius 2 is 1.77 bits per heavy atom. The van der Waals surface area contributed by atoms with Crippen molar-refractivity contribution in [3.8, 4) is 0 Å². The Morgan fingerprint density at radius 1 is 1.09 bits per heavy atom. The van der Waals surface area contributed by atoms with Gasteiger partial charge in [0, 0.05) is 28.4 Å². The predicted molar refractivity (Wildman–Crippen MR) is 162 cm³/mol. The third-order valence-electron chi connectivity index (χ3n) is 5.69. The molecule has 1 unspecified atom stereocenters. The highest BCUT2D eigenvalue weighted by atomic mass is 35.5. The van der Waals surface area contributed by atoms with E-state index < -0.39 is 41.3 Å². The third-order valence-corrected chi connectivity index (χ3v) is 6.20. The number of rotatable bonds is 11. The van der Waals surface area contributed by atoms with Gasteiger partial charge in [0.1, 0.15) is 11.7 Å². The van der Waals surface area contributed by atoms with E-state index in [2.05, 4.69) is 15.7 Å². The summed E-state index contributed by atoms with van der Waals surface area (Å²) in [6.07, 6.45) is 2.82. The van der Waals surface area contributed by atoms with Crippen LogP contribution < -0.4 is 16.5 Å². The number of H-pyrrole nitrogens is 1. The number of hydrazine groups is 1. The molecule has 0 bridgehead atoms. The van der Waals surface area contributed by atoms with Crippen molar-refractivity contribution in [3.05, 3.63) is 77.0 Å². The molecule has 0 fully saturated rings. The van der Waals surface area contributed by atoms with E-state index >= 15 is 0 Å². The minimum absolute atomic E-state index is 0.0240. The van der Waals surface area contributed by atoms with Crippen LogP contribution >= 0.6 is 23.2 Å². The number of benzene rings is 2. The maximum atomic E-state index is 13.2. The molecule has 0 radical (unpaired) electrons. The number of amides is 4. The highest BCUT2D eigenvalue weighted by molar-refractivity contribution is 6.35. The summed E-state index contributed by atoms with van der Waals surface area (Å²) in [6.45, 7) is 3.33. The number of hydrogen-bond donors (Lipinski definition) is 5. The van der Waals surface area contributed by atoms with Crippen LogP contribution in [0.1, 0.15) is 42.7 Å². The van der Waals surface area contributed by atoms with Crippen molar-refractivity contribution >= 4 is 69.8 Å². The molecule has 11 nitrogen and oxygen atoms in total. The molecule has 230 valence electrons. The predicted octanol–water partition coefficient (Wildman–Crippen LogP) is 4.02. The molecule has 14 heteroatoms. The zero-order valence-electron chi connectivity index (χ0n) is 23.4. The first-order chi connectivity index (χ1) is 20.3. The highest BCUT2D eigenvalue weighted by Gasteiger charge is 2.28. The van der Waals surface area contributed by atoms with Crippen LogP contribution in [-0.4, -0.2) is 62.9 Å². The molecule has 0 spiro atoms. The first-order valence-electron chi connectivity index (χ1n) is 13.0. The van der Waals surface area contributed by atoms with E-state index in [4.69, 9.17) is 34.0 Å². The third kappa shape index (κ3) is 11.8. The quantitative estimate of drug-likeness (QED) is 0.121. The van der Waals surface area contributed by atoms with Crippen molar-refractivity contribution < 1.29 is 33.5 Å². The summed E-state index contributed by atoms with van der Waals surface area (Å²) < 4.78 is 13.2. The van der Waals surface area contributed by atoms with Crippen LogP contribution in [0.25, 0.3) is 17.0 Å². The summed E-state index contributed by atoms with van der Waals surface area (Å²) in [5.74, 6) is -4.21. The van der Waals surface area contributed by atoms with Gasteiger partial charge >= 0.3 is 5.97 Å². The molecule has 2 atom stereocenters. The highest BCUT2D eigenvalue weighted by Crippen LogP contribution is 2.23. The normalized spacial score (nSPS) is 12.2. The van der Waals surface area contributed by atoms with Gasteiger partial charge in [0.05, 0.1) is 6.54 Å². The van der Waals surface area contributed by atoms with Crippen molar-refractivity contribution in [3.63, 3.8) is 0 Å². The lowest BCUT2D eigenvalue weighted by Crippen LogP contribution is -2.56. The second kappa shape index (κ2) is 16.9. The zero-order chi connectivity index (χ0) is 32.1. The topological polar surface area (TPSA) is 175 Å². The van der Waals surface area contributed by atoms with Crippen molar-refractivity contribution in [2.45, 2.75) is 38.4 Å². The fourth-order valence-corrected chi connectivity index (χ4v) is 4.01. The van der Waals surface area contributed by atoms with Gasteiger partial charge in [0.2, 0.25) is 11.8 Å². The molecule has 0 saturated heterocycles. The number of aromatic carboxylic acids is 1. The molecule has 6 N–H and O–H groups in total. The van der Waals surface area contributed by atoms with Crippen LogP contribution in [0.15, 0.2) is 60.7 Å². The molecule has 43 heavy (non-hydrogen) atoms.